The minimum atomic E-state index is -4.51. The molecule has 0 aromatic heterocycles. The molecule has 1 amide bonds. The van der Waals surface area contributed by atoms with Crippen molar-refractivity contribution in [1.82, 2.24) is 0 Å². The number of unbranched alkanes of at least 4 members (excludes halogenated alkanes) is 2. The summed E-state index contributed by atoms with van der Waals surface area (Å²) in [6, 6.07) is 35.7. The fourth-order valence-corrected chi connectivity index (χ4v) is 9.16. The molecule has 2 aliphatic carbocycles. The smallest absolute Gasteiger partial charge is 0.416 e. The molecule has 0 spiro atoms. The van der Waals surface area contributed by atoms with Crippen molar-refractivity contribution < 1.29 is 23.1 Å². The zero-order valence-electron chi connectivity index (χ0n) is 32.3. The zero-order valence-corrected chi connectivity index (χ0v) is 32.3. The minimum absolute atomic E-state index is 0.162. The van der Waals surface area contributed by atoms with Crippen molar-refractivity contribution in [2.45, 2.75) is 89.6 Å². The number of hydrogen-bond donors (Lipinski definition) is 2. The Labute approximate surface area is 327 Å². The number of benzene rings is 6. The number of phenolic OH excluding ortho intramolecular Hbond substituents is 1. The van der Waals surface area contributed by atoms with E-state index in [2.05, 4.69) is 62.5 Å². The summed E-state index contributed by atoms with van der Waals surface area (Å²) in [5.41, 5.74) is 9.21. The molecule has 3 nitrogen and oxygen atoms in total. The van der Waals surface area contributed by atoms with Crippen LogP contribution >= 0.6 is 0 Å². The van der Waals surface area contributed by atoms with Gasteiger partial charge in [-0.3, -0.25) is 4.79 Å². The SMILES string of the molecule is CCCCC[C@H]1CC[C@H](c2ccc(-c3ccc(C(=O)Nc4ccc(-c5ccc6c(c5)-c5c(cc(O)c7cc(C(F)(F)F)ccc57)C6(C)C)cc4)cc3)cc2)CC1. The summed E-state index contributed by atoms with van der Waals surface area (Å²) >= 11 is 0. The molecule has 0 unspecified atom stereocenters. The van der Waals surface area contributed by atoms with Crippen molar-refractivity contribution in [3.05, 3.63) is 143 Å². The Morgan fingerprint density at radius 3 is 2.00 bits per heavy atom. The molecular weight excluding hydrogens is 704 g/mol. The molecule has 56 heavy (non-hydrogen) atoms. The van der Waals surface area contributed by atoms with E-state index in [-0.39, 0.29) is 17.0 Å². The molecule has 0 saturated heterocycles. The first-order valence-electron chi connectivity index (χ1n) is 20.0. The number of anilines is 1. The summed E-state index contributed by atoms with van der Waals surface area (Å²) in [6.45, 7) is 6.41. The maximum atomic E-state index is 13.6. The topological polar surface area (TPSA) is 49.3 Å². The Morgan fingerprint density at radius 1 is 0.714 bits per heavy atom. The Kier molecular flexibility index (Phi) is 10.0. The molecule has 0 atom stereocenters. The molecule has 1 fully saturated rings. The van der Waals surface area contributed by atoms with Gasteiger partial charge in [0.2, 0.25) is 0 Å². The van der Waals surface area contributed by atoms with Crippen LogP contribution in [0, 0.1) is 5.92 Å². The van der Waals surface area contributed by atoms with Crippen LogP contribution in [0.4, 0.5) is 18.9 Å². The van der Waals surface area contributed by atoms with Gasteiger partial charge in [0.25, 0.3) is 5.91 Å². The fourth-order valence-electron chi connectivity index (χ4n) is 9.16. The van der Waals surface area contributed by atoms with Crippen molar-refractivity contribution >= 4 is 22.4 Å². The average molecular weight is 752 g/mol. The second kappa shape index (κ2) is 14.9. The molecule has 0 aliphatic heterocycles. The Balaban J connectivity index is 0.940. The summed E-state index contributed by atoms with van der Waals surface area (Å²) in [6.07, 6.45) is 6.17. The van der Waals surface area contributed by atoms with Crippen LogP contribution in [0.3, 0.4) is 0 Å². The maximum Gasteiger partial charge on any atom is 0.416 e. The minimum Gasteiger partial charge on any atom is -0.507 e. The van der Waals surface area contributed by atoms with E-state index in [0.717, 1.165) is 62.6 Å². The lowest BCUT2D eigenvalue weighted by Gasteiger charge is -2.29. The average Bonchev–Trinajstić information content (AvgIpc) is 3.43. The molecule has 2 N–H and O–H groups in total. The number of phenols is 1. The summed E-state index contributed by atoms with van der Waals surface area (Å²) < 4.78 is 40.7. The molecule has 6 aromatic carbocycles. The first-order valence-corrected chi connectivity index (χ1v) is 20.0. The van der Waals surface area contributed by atoms with Crippen LogP contribution in [-0.2, 0) is 11.6 Å². The highest BCUT2D eigenvalue weighted by atomic mass is 19.4. The third-order valence-electron chi connectivity index (χ3n) is 12.5. The number of halogens is 3. The number of carbonyl (C=O) groups excluding carboxylic acids is 1. The predicted octanol–water partition coefficient (Wildman–Crippen LogP) is 14.3. The van der Waals surface area contributed by atoms with Gasteiger partial charge < -0.3 is 10.4 Å². The third-order valence-corrected chi connectivity index (χ3v) is 12.5. The molecule has 6 heteroatoms. The highest BCUT2D eigenvalue weighted by Gasteiger charge is 2.38. The molecule has 0 radical (unpaired) electrons. The normalized spacial score (nSPS) is 17.4. The lowest BCUT2D eigenvalue weighted by Crippen LogP contribution is -2.14. The summed E-state index contributed by atoms with van der Waals surface area (Å²) in [4.78, 5) is 13.3. The largest absolute Gasteiger partial charge is 0.507 e. The summed E-state index contributed by atoms with van der Waals surface area (Å²) in [5, 5.41) is 14.6. The van der Waals surface area contributed by atoms with Crippen molar-refractivity contribution in [2.24, 2.45) is 5.92 Å². The van der Waals surface area contributed by atoms with Gasteiger partial charge in [0.1, 0.15) is 5.75 Å². The van der Waals surface area contributed by atoms with Gasteiger partial charge in [-0.15, -0.1) is 0 Å². The van der Waals surface area contributed by atoms with Gasteiger partial charge in [0.15, 0.2) is 0 Å². The van der Waals surface area contributed by atoms with Gasteiger partial charge in [-0.25, -0.2) is 0 Å². The van der Waals surface area contributed by atoms with Crippen molar-refractivity contribution in [2.75, 3.05) is 5.32 Å². The highest BCUT2D eigenvalue weighted by Crippen LogP contribution is 2.54. The standard InChI is InChI=1S/C50H48F3NO2/c1-4-5-6-7-31-8-10-32(11-9-31)33-12-14-34(15-13-33)35-16-18-37(19-17-35)48(56)54-40-24-20-36(21-25-40)38-22-27-44-43(28-38)47-41-26-23-39(50(51,52)53)29-42(41)46(55)30-45(47)49(44,2)3/h12-32,55H,4-11H2,1-3H3,(H,54,56)/t31-,32-. The van der Waals surface area contributed by atoms with Gasteiger partial charge in [0.05, 0.1) is 5.56 Å². The highest BCUT2D eigenvalue weighted by molar-refractivity contribution is 6.06. The molecule has 1 saturated carbocycles. The van der Waals surface area contributed by atoms with Crippen LogP contribution in [0.1, 0.15) is 111 Å². The van der Waals surface area contributed by atoms with Crippen molar-refractivity contribution in [3.63, 3.8) is 0 Å². The van der Waals surface area contributed by atoms with E-state index in [4.69, 9.17) is 0 Å². The number of fused-ring (bicyclic) bond motifs is 5. The van der Waals surface area contributed by atoms with Gasteiger partial charge in [-0.1, -0.05) is 113 Å². The molecule has 8 rings (SSSR count). The monoisotopic (exact) mass is 751 g/mol. The number of rotatable bonds is 9. The van der Waals surface area contributed by atoms with E-state index in [9.17, 15) is 23.1 Å². The van der Waals surface area contributed by atoms with Gasteiger partial charge >= 0.3 is 6.18 Å². The number of amides is 1. The second-order valence-corrected chi connectivity index (χ2v) is 16.4. The first kappa shape index (κ1) is 37.6. The first-order chi connectivity index (χ1) is 26.9. The maximum absolute atomic E-state index is 13.6. The molecule has 6 aromatic rings. The second-order valence-electron chi connectivity index (χ2n) is 16.4. The number of hydrogen-bond acceptors (Lipinski definition) is 2. The van der Waals surface area contributed by atoms with Gasteiger partial charge in [-0.2, -0.15) is 13.2 Å². The van der Waals surface area contributed by atoms with Crippen LogP contribution in [0.25, 0.3) is 44.2 Å². The van der Waals surface area contributed by atoms with E-state index in [1.807, 2.05) is 54.6 Å². The van der Waals surface area contributed by atoms with E-state index in [1.165, 1.54) is 63.0 Å². The predicted molar refractivity (Wildman–Crippen MR) is 222 cm³/mol. The van der Waals surface area contributed by atoms with Gasteiger partial charge in [0, 0.05) is 22.1 Å². The van der Waals surface area contributed by atoms with E-state index >= 15 is 0 Å². The fraction of sp³-hybridized carbons (Fsp3) is 0.300. The molecule has 0 heterocycles. The van der Waals surface area contributed by atoms with E-state index < -0.39 is 17.2 Å². The van der Waals surface area contributed by atoms with Gasteiger partial charge in [-0.05, 0) is 142 Å². The quantitative estimate of drug-likeness (QED) is 0.145. The van der Waals surface area contributed by atoms with E-state index in [1.54, 1.807) is 6.07 Å². The molecule has 286 valence electrons. The van der Waals surface area contributed by atoms with Crippen LogP contribution in [0.2, 0.25) is 0 Å². The van der Waals surface area contributed by atoms with Crippen LogP contribution in [0.5, 0.6) is 5.75 Å². The molecule has 2 aliphatic rings. The molecule has 0 bridgehead atoms. The number of alkyl halides is 3. The van der Waals surface area contributed by atoms with Crippen LogP contribution in [-0.4, -0.2) is 11.0 Å². The van der Waals surface area contributed by atoms with Crippen molar-refractivity contribution in [3.8, 4) is 39.1 Å². The number of aromatic hydroxyl groups is 1. The zero-order chi connectivity index (χ0) is 39.2. The van der Waals surface area contributed by atoms with Crippen LogP contribution < -0.4 is 5.32 Å². The number of nitrogens with one attached hydrogen (secondary N) is 1. The Bertz CT molecular complexity index is 2380. The molecular formula is C50H48F3NO2. The summed E-state index contributed by atoms with van der Waals surface area (Å²) in [5.74, 6) is 1.21. The van der Waals surface area contributed by atoms with Crippen molar-refractivity contribution in [1.29, 1.82) is 0 Å². The number of carbonyl (C=O) groups is 1. The Hall–Kier alpha value is -5.36. The third kappa shape index (κ3) is 7.22. The lowest BCUT2D eigenvalue weighted by atomic mass is 9.77. The Morgan fingerprint density at radius 2 is 1.34 bits per heavy atom. The van der Waals surface area contributed by atoms with E-state index in [0.29, 0.717) is 22.6 Å². The summed E-state index contributed by atoms with van der Waals surface area (Å²) in [7, 11) is 0. The lowest BCUT2D eigenvalue weighted by molar-refractivity contribution is -0.137. The van der Waals surface area contributed by atoms with Crippen LogP contribution in [0.15, 0.2) is 115 Å².